The van der Waals surface area contributed by atoms with Crippen LogP contribution in [-0.2, 0) is 19.9 Å². The van der Waals surface area contributed by atoms with E-state index in [4.69, 9.17) is 0 Å². The number of rotatable bonds is 3. The maximum atomic E-state index is 12.5. The molecule has 0 aromatic heterocycles. The number of sulfonamides is 1. The Hall–Kier alpha value is -0.180. The average molecular weight is 324 g/mol. The van der Waals surface area contributed by atoms with Gasteiger partial charge in [-0.2, -0.15) is 0 Å². The Balaban J connectivity index is 2.07. The van der Waals surface area contributed by atoms with Crippen LogP contribution in [0.15, 0.2) is 0 Å². The molecule has 20 heavy (non-hydrogen) atoms. The fourth-order valence-electron chi connectivity index (χ4n) is 2.89. The zero-order valence-corrected chi connectivity index (χ0v) is 13.8. The quantitative estimate of drug-likeness (QED) is 0.726. The highest BCUT2D eigenvalue weighted by atomic mass is 32.2. The third kappa shape index (κ3) is 3.52. The topological polar surface area (TPSA) is 74.8 Å². The molecule has 0 aliphatic carbocycles. The van der Waals surface area contributed by atoms with Gasteiger partial charge in [0.2, 0.25) is 10.0 Å². The summed E-state index contributed by atoms with van der Waals surface area (Å²) in [5.74, 6) is -0.206. The van der Waals surface area contributed by atoms with Gasteiger partial charge in [0.1, 0.15) is 0 Å². The lowest BCUT2D eigenvalue weighted by Gasteiger charge is -2.25. The second-order valence-corrected chi connectivity index (χ2v) is 10.4. The molecule has 1 atom stereocenters. The van der Waals surface area contributed by atoms with Crippen LogP contribution in [-0.4, -0.2) is 75.0 Å². The van der Waals surface area contributed by atoms with Gasteiger partial charge in [-0.3, -0.25) is 4.90 Å². The molecule has 0 aromatic rings. The maximum absolute atomic E-state index is 12.5. The highest BCUT2D eigenvalue weighted by Crippen LogP contribution is 2.23. The summed E-state index contributed by atoms with van der Waals surface area (Å²) in [6.45, 7) is 6.80. The lowest BCUT2D eigenvalue weighted by Crippen LogP contribution is -2.42. The molecule has 8 heteroatoms. The van der Waals surface area contributed by atoms with Crippen molar-refractivity contribution in [1.82, 2.24) is 9.21 Å². The van der Waals surface area contributed by atoms with Crippen LogP contribution in [0.2, 0.25) is 0 Å². The first kappa shape index (κ1) is 16.2. The van der Waals surface area contributed by atoms with E-state index in [-0.39, 0.29) is 17.9 Å². The van der Waals surface area contributed by atoms with Crippen molar-refractivity contribution in [2.24, 2.45) is 0 Å². The fourth-order valence-corrected chi connectivity index (χ4v) is 7.45. The van der Waals surface area contributed by atoms with Crippen molar-refractivity contribution < 1.29 is 16.8 Å². The average Bonchev–Trinajstić information content (AvgIpc) is 2.59. The summed E-state index contributed by atoms with van der Waals surface area (Å²) in [5, 5.41) is -0.738. The van der Waals surface area contributed by atoms with E-state index < -0.39 is 25.1 Å². The minimum absolute atomic E-state index is 0.00283. The van der Waals surface area contributed by atoms with Crippen molar-refractivity contribution in [3.05, 3.63) is 0 Å². The standard InChI is InChI=1S/C12H24N2O4S2/c1-11(2)13-5-3-6-14(8-7-13)20(17,18)12-4-9-19(15,16)10-12/h11-12H,3-10H2,1-2H3. The van der Waals surface area contributed by atoms with E-state index in [1.165, 1.54) is 4.31 Å². The lowest BCUT2D eigenvalue weighted by molar-refractivity contribution is 0.233. The molecule has 2 rings (SSSR count). The van der Waals surface area contributed by atoms with Crippen LogP contribution in [0.4, 0.5) is 0 Å². The SMILES string of the molecule is CC(C)N1CCCN(S(=O)(=O)C2CCS(=O)(=O)C2)CC1. The Morgan fingerprint density at radius 1 is 1.10 bits per heavy atom. The Labute approximate surface area is 122 Å². The van der Waals surface area contributed by atoms with Gasteiger partial charge < -0.3 is 0 Å². The summed E-state index contributed by atoms with van der Waals surface area (Å²) in [4.78, 5) is 2.26. The predicted octanol–water partition coefficient (Wildman–Crippen LogP) is -0.0806. The van der Waals surface area contributed by atoms with Crippen LogP contribution in [0, 0.1) is 0 Å². The zero-order chi connectivity index (χ0) is 15.0. The molecule has 0 amide bonds. The molecule has 0 saturated carbocycles. The van der Waals surface area contributed by atoms with E-state index in [9.17, 15) is 16.8 Å². The number of sulfone groups is 1. The van der Waals surface area contributed by atoms with Crippen molar-refractivity contribution in [3.8, 4) is 0 Å². The van der Waals surface area contributed by atoms with Crippen molar-refractivity contribution in [2.75, 3.05) is 37.7 Å². The molecule has 0 radical (unpaired) electrons. The largest absolute Gasteiger partial charge is 0.300 e. The molecule has 2 fully saturated rings. The Bertz CT molecular complexity index is 542. The molecule has 2 aliphatic rings. The third-order valence-corrected chi connectivity index (χ3v) is 8.50. The lowest BCUT2D eigenvalue weighted by atomic mass is 10.3. The van der Waals surface area contributed by atoms with E-state index in [0.717, 1.165) is 19.5 Å². The van der Waals surface area contributed by atoms with Crippen LogP contribution in [0.1, 0.15) is 26.7 Å². The first-order chi connectivity index (χ1) is 9.22. The maximum Gasteiger partial charge on any atom is 0.218 e. The first-order valence-electron chi connectivity index (χ1n) is 7.16. The Kier molecular flexibility index (Phi) is 4.78. The van der Waals surface area contributed by atoms with Gasteiger partial charge in [0.25, 0.3) is 0 Å². The third-order valence-electron chi connectivity index (χ3n) is 4.19. The summed E-state index contributed by atoms with van der Waals surface area (Å²) in [6.07, 6.45) is 1.05. The zero-order valence-electron chi connectivity index (χ0n) is 12.2. The molecule has 2 saturated heterocycles. The van der Waals surface area contributed by atoms with Crippen LogP contribution < -0.4 is 0 Å². The predicted molar refractivity (Wildman–Crippen MR) is 78.9 cm³/mol. The monoisotopic (exact) mass is 324 g/mol. The summed E-state index contributed by atoms with van der Waals surface area (Å²) >= 11 is 0. The van der Waals surface area contributed by atoms with E-state index in [1.54, 1.807) is 0 Å². The van der Waals surface area contributed by atoms with Gasteiger partial charge >= 0.3 is 0 Å². The van der Waals surface area contributed by atoms with E-state index in [1.807, 2.05) is 0 Å². The van der Waals surface area contributed by atoms with E-state index in [2.05, 4.69) is 18.7 Å². The first-order valence-corrected chi connectivity index (χ1v) is 10.5. The molecule has 2 heterocycles. The van der Waals surface area contributed by atoms with Gasteiger partial charge in [-0.1, -0.05) is 0 Å². The molecule has 0 aromatic carbocycles. The van der Waals surface area contributed by atoms with Crippen molar-refractivity contribution >= 4 is 19.9 Å². The molecular formula is C12H24N2O4S2. The Morgan fingerprint density at radius 2 is 1.80 bits per heavy atom. The van der Waals surface area contributed by atoms with Crippen molar-refractivity contribution in [1.29, 1.82) is 0 Å². The number of nitrogens with zero attached hydrogens (tertiary/aromatic N) is 2. The van der Waals surface area contributed by atoms with Crippen LogP contribution in [0.5, 0.6) is 0 Å². The second kappa shape index (κ2) is 5.90. The highest BCUT2D eigenvalue weighted by Gasteiger charge is 2.40. The van der Waals surface area contributed by atoms with Gasteiger partial charge in [0.05, 0.1) is 16.8 Å². The van der Waals surface area contributed by atoms with E-state index in [0.29, 0.717) is 19.1 Å². The molecule has 118 valence electrons. The fraction of sp³-hybridized carbons (Fsp3) is 1.00. The summed E-state index contributed by atoms with van der Waals surface area (Å²) in [7, 11) is -6.64. The van der Waals surface area contributed by atoms with Gasteiger partial charge in [0, 0.05) is 25.7 Å². The van der Waals surface area contributed by atoms with E-state index >= 15 is 0 Å². The molecular weight excluding hydrogens is 300 g/mol. The van der Waals surface area contributed by atoms with Crippen LogP contribution in [0.3, 0.4) is 0 Å². The molecule has 0 N–H and O–H groups in total. The molecule has 6 nitrogen and oxygen atoms in total. The summed E-state index contributed by atoms with van der Waals surface area (Å²) in [5.41, 5.74) is 0. The second-order valence-electron chi connectivity index (χ2n) is 5.95. The van der Waals surface area contributed by atoms with Gasteiger partial charge in [-0.05, 0) is 33.2 Å². The molecule has 0 spiro atoms. The summed E-state index contributed by atoms with van der Waals surface area (Å²) < 4.78 is 49.6. The number of hydrogen-bond acceptors (Lipinski definition) is 5. The van der Waals surface area contributed by atoms with Crippen molar-refractivity contribution in [3.63, 3.8) is 0 Å². The van der Waals surface area contributed by atoms with Gasteiger partial charge in [0.15, 0.2) is 9.84 Å². The minimum Gasteiger partial charge on any atom is -0.300 e. The minimum atomic E-state index is -3.48. The van der Waals surface area contributed by atoms with Crippen molar-refractivity contribution in [2.45, 2.75) is 38.0 Å². The van der Waals surface area contributed by atoms with Crippen LogP contribution in [0.25, 0.3) is 0 Å². The van der Waals surface area contributed by atoms with Gasteiger partial charge in [-0.25, -0.2) is 21.1 Å². The smallest absolute Gasteiger partial charge is 0.218 e. The molecule has 1 unspecified atom stereocenters. The summed E-state index contributed by atoms with van der Waals surface area (Å²) in [6, 6.07) is 0.407. The number of hydrogen-bond donors (Lipinski definition) is 0. The normalized spacial score (nSPS) is 29.6. The van der Waals surface area contributed by atoms with Crippen LogP contribution >= 0.6 is 0 Å². The molecule has 0 bridgehead atoms. The Morgan fingerprint density at radius 3 is 2.35 bits per heavy atom. The highest BCUT2D eigenvalue weighted by molar-refractivity contribution is 7.95. The van der Waals surface area contributed by atoms with Gasteiger partial charge in [-0.15, -0.1) is 0 Å². The molecule has 2 aliphatic heterocycles.